The highest BCUT2D eigenvalue weighted by Gasteiger charge is 2.23. The summed E-state index contributed by atoms with van der Waals surface area (Å²) in [7, 11) is 3.52. The molecule has 0 saturated carbocycles. The molecule has 0 spiro atoms. The largest absolute Gasteiger partial charge is 0.493 e. The zero-order valence-electron chi connectivity index (χ0n) is 18.3. The average molecular weight is 463 g/mol. The van der Waals surface area contributed by atoms with Crippen LogP contribution < -0.4 is 9.47 Å². The Morgan fingerprint density at radius 1 is 1.30 bits per heavy atom. The van der Waals surface area contributed by atoms with E-state index in [0.29, 0.717) is 16.3 Å². The van der Waals surface area contributed by atoms with Gasteiger partial charge >= 0.3 is 0 Å². The lowest BCUT2D eigenvalue weighted by Crippen LogP contribution is -2.25. The van der Waals surface area contributed by atoms with Crippen molar-refractivity contribution in [1.29, 1.82) is 5.26 Å². The molecule has 0 fully saturated rings. The van der Waals surface area contributed by atoms with Crippen LogP contribution in [0.15, 0.2) is 47.5 Å². The van der Waals surface area contributed by atoms with Crippen molar-refractivity contribution in [2.45, 2.75) is 19.6 Å². The Balaban J connectivity index is 1.66. The predicted octanol–water partition coefficient (Wildman–Crippen LogP) is 4.85. The van der Waals surface area contributed by atoms with Gasteiger partial charge in [0.1, 0.15) is 17.7 Å². The van der Waals surface area contributed by atoms with Crippen LogP contribution in [0.25, 0.3) is 0 Å². The van der Waals surface area contributed by atoms with Crippen molar-refractivity contribution >= 4 is 28.2 Å². The van der Waals surface area contributed by atoms with E-state index in [-0.39, 0.29) is 23.6 Å². The summed E-state index contributed by atoms with van der Waals surface area (Å²) in [5, 5.41) is 22.0. The maximum Gasteiger partial charge on any atom is 0.282 e. The van der Waals surface area contributed by atoms with Crippen molar-refractivity contribution < 1.29 is 14.4 Å². The van der Waals surface area contributed by atoms with E-state index in [4.69, 9.17) is 9.47 Å². The summed E-state index contributed by atoms with van der Waals surface area (Å²) in [6.07, 6.45) is 2.21. The van der Waals surface area contributed by atoms with Crippen LogP contribution in [0.1, 0.15) is 27.1 Å². The topological polar surface area (TPSA) is 101 Å². The van der Waals surface area contributed by atoms with Crippen LogP contribution in [0, 0.1) is 21.4 Å². The first-order chi connectivity index (χ1) is 16.0. The Bertz CT molecular complexity index is 1250. The molecule has 168 valence electrons. The summed E-state index contributed by atoms with van der Waals surface area (Å²) in [5.74, 6) is 0.642. The fourth-order valence-electron chi connectivity index (χ4n) is 3.69. The number of ether oxygens (including phenoxy) is 2. The highest BCUT2D eigenvalue weighted by molar-refractivity contribution is 7.16. The standard InChI is InChI=1S/C24H22N4O4S/c1-27-9-8-18-19(12-25)24(33-23(18)14-27)26-13-17-10-21(31-2)22(11-20(17)28(29)30)32-15-16-6-4-3-5-7-16/h3-7,10-11,13H,8-9,14-15H2,1-2H3. The lowest BCUT2D eigenvalue weighted by atomic mass is 10.0. The Morgan fingerprint density at radius 3 is 2.79 bits per heavy atom. The quantitative estimate of drug-likeness (QED) is 0.282. The molecule has 0 saturated heterocycles. The minimum atomic E-state index is -0.476. The predicted molar refractivity (Wildman–Crippen MR) is 127 cm³/mol. The van der Waals surface area contributed by atoms with Crippen molar-refractivity contribution in [2.24, 2.45) is 4.99 Å². The number of benzene rings is 2. The highest BCUT2D eigenvalue weighted by Crippen LogP contribution is 2.39. The Labute approximate surface area is 195 Å². The summed E-state index contributed by atoms with van der Waals surface area (Å²) in [6.45, 7) is 1.91. The fourth-order valence-corrected chi connectivity index (χ4v) is 4.91. The van der Waals surface area contributed by atoms with E-state index in [0.717, 1.165) is 35.5 Å². The number of nitrogens with zero attached hydrogens (tertiary/aromatic N) is 4. The van der Waals surface area contributed by atoms with E-state index in [1.54, 1.807) is 0 Å². The minimum absolute atomic E-state index is 0.151. The molecule has 0 amide bonds. The smallest absolute Gasteiger partial charge is 0.282 e. The number of fused-ring (bicyclic) bond motifs is 1. The number of methoxy groups -OCH3 is 1. The van der Waals surface area contributed by atoms with E-state index < -0.39 is 4.92 Å². The molecular weight excluding hydrogens is 440 g/mol. The van der Waals surface area contributed by atoms with Crippen LogP contribution in [0.5, 0.6) is 11.5 Å². The van der Waals surface area contributed by atoms with Crippen LogP contribution in [0.4, 0.5) is 10.7 Å². The fraction of sp³-hybridized carbons (Fsp3) is 0.250. The summed E-state index contributed by atoms with van der Waals surface area (Å²) in [5.41, 5.74) is 2.64. The monoisotopic (exact) mass is 462 g/mol. The van der Waals surface area contributed by atoms with Crippen LogP contribution in [0.3, 0.4) is 0 Å². The molecule has 0 atom stereocenters. The number of nitro benzene ring substituents is 1. The zero-order valence-corrected chi connectivity index (χ0v) is 19.1. The van der Waals surface area contributed by atoms with Crippen molar-refractivity contribution in [1.82, 2.24) is 4.90 Å². The first-order valence-electron chi connectivity index (χ1n) is 10.3. The van der Waals surface area contributed by atoms with Gasteiger partial charge < -0.3 is 14.4 Å². The minimum Gasteiger partial charge on any atom is -0.493 e. The number of hydrogen-bond acceptors (Lipinski definition) is 8. The Hall–Kier alpha value is -3.74. The van der Waals surface area contributed by atoms with Gasteiger partial charge in [0.25, 0.3) is 5.69 Å². The molecule has 3 aromatic rings. The van der Waals surface area contributed by atoms with Gasteiger partial charge in [-0.25, -0.2) is 4.99 Å². The SMILES string of the molecule is COc1cc(C=Nc2sc3c(c2C#N)CCN(C)C3)c([N+](=O)[O-])cc1OCc1ccccc1. The van der Waals surface area contributed by atoms with Gasteiger partial charge in [0.2, 0.25) is 0 Å². The van der Waals surface area contributed by atoms with Crippen molar-refractivity contribution in [3.8, 4) is 17.6 Å². The molecule has 0 unspecified atom stereocenters. The van der Waals surface area contributed by atoms with E-state index in [9.17, 15) is 15.4 Å². The third-order valence-corrected chi connectivity index (χ3v) is 6.53. The molecular formula is C24H22N4O4S. The molecule has 0 bridgehead atoms. The molecule has 1 aliphatic heterocycles. The maximum absolute atomic E-state index is 11.8. The van der Waals surface area contributed by atoms with Crippen molar-refractivity contribution in [3.63, 3.8) is 0 Å². The van der Waals surface area contributed by atoms with Crippen LogP contribution in [-0.2, 0) is 19.6 Å². The molecule has 1 aromatic heterocycles. The second-order valence-corrected chi connectivity index (χ2v) is 8.72. The third kappa shape index (κ3) is 4.87. The number of likely N-dealkylation sites (N-methyl/N-ethyl adjacent to an activating group) is 1. The first-order valence-corrected chi connectivity index (χ1v) is 11.1. The highest BCUT2D eigenvalue weighted by atomic mass is 32.1. The van der Waals surface area contributed by atoms with Crippen LogP contribution >= 0.6 is 11.3 Å². The second-order valence-electron chi connectivity index (χ2n) is 7.63. The molecule has 2 aromatic carbocycles. The Kier molecular flexibility index (Phi) is 6.68. The average Bonchev–Trinajstić information content (AvgIpc) is 3.18. The van der Waals surface area contributed by atoms with Crippen LogP contribution in [-0.4, -0.2) is 36.7 Å². The number of hydrogen-bond donors (Lipinski definition) is 0. The first kappa shape index (κ1) is 22.5. The number of rotatable bonds is 7. The zero-order chi connectivity index (χ0) is 23.4. The summed E-state index contributed by atoms with van der Waals surface area (Å²) >= 11 is 1.45. The van der Waals surface area contributed by atoms with Gasteiger partial charge in [-0.3, -0.25) is 10.1 Å². The second kappa shape index (κ2) is 9.81. The molecule has 33 heavy (non-hydrogen) atoms. The van der Waals surface area contributed by atoms with Gasteiger partial charge in [0.15, 0.2) is 11.5 Å². The van der Waals surface area contributed by atoms with E-state index in [2.05, 4.69) is 16.0 Å². The van der Waals surface area contributed by atoms with Gasteiger partial charge in [-0.1, -0.05) is 30.3 Å². The molecule has 9 heteroatoms. The van der Waals surface area contributed by atoms with Crippen LogP contribution in [0.2, 0.25) is 0 Å². The number of nitro groups is 1. The van der Waals surface area contributed by atoms with Gasteiger partial charge in [0.05, 0.1) is 29.2 Å². The molecule has 0 N–H and O–H groups in total. The maximum atomic E-state index is 11.8. The van der Waals surface area contributed by atoms with Gasteiger partial charge in [-0.2, -0.15) is 5.26 Å². The summed E-state index contributed by atoms with van der Waals surface area (Å²) < 4.78 is 11.2. The van der Waals surface area contributed by atoms with Gasteiger partial charge in [0, 0.05) is 24.2 Å². The molecule has 8 nitrogen and oxygen atoms in total. The van der Waals surface area contributed by atoms with Gasteiger partial charge in [-0.15, -0.1) is 11.3 Å². The number of thiophene rings is 1. The normalized spacial score (nSPS) is 13.5. The third-order valence-electron chi connectivity index (χ3n) is 5.41. The van der Waals surface area contributed by atoms with E-state index >= 15 is 0 Å². The lowest BCUT2D eigenvalue weighted by molar-refractivity contribution is -0.385. The Morgan fingerprint density at radius 2 is 2.09 bits per heavy atom. The number of nitriles is 1. The van der Waals surface area contributed by atoms with E-state index in [1.807, 2.05) is 37.4 Å². The molecule has 0 aliphatic carbocycles. The van der Waals surface area contributed by atoms with Crippen molar-refractivity contribution in [2.75, 3.05) is 20.7 Å². The van der Waals surface area contributed by atoms with Crippen molar-refractivity contribution in [3.05, 3.63) is 79.7 Å². The van der Waals surface area contributed by atoms with Gasteiger partial charge in [-0.05, 0) is 30.7 Å². The summed E-state index contributed by atoms with van der Waals surface area (Å²) in [6, 6.07) is 14.7. The molecule has 1 aliphatic rings. The molecule has 2 heterocycles. The lowest BCUT2D eigenvalue weighted by Gasteiger charge is -2.21. The summed E-state index contributed by atoms with van der Waals surface area (Å²) in [4.78, 5) is 19.1. The molecule has 4 rings (SSSR count). The van der Waals surface area contributed by atoms with E-state index in [1.165, 1.54) is 36.8 Å². The number of aliphatic imine (C=N–C) groups is 1. The molecule has 0 radical (unpaired) electrons.